The summed E-state index contributed by atoms with van der Waals surface area (Å²) in [5, 5.41) is 2.99. The van der Waals surface area contributed by atoms with E-state index in [4.69, 9.17) is 5.73 Å². The number of nitrogen functional groups attached to an aromatic ring is 1. The van der Waals surface area contributed by atoms with Crippen molar-refractivity contribution < 1.29 is 9.59 Å². The van der Waals surface area contributed by atoms with Gasteiger partial charge in [-0.3, -0.25) is 9.59 Å². The Bertz CT molecular complexity index is 508. The van der Waals surface area contributed by atoms with Crippen LogP contribution in [0.4, 0.5) is 5.69 Å². The van der Waals surface area contributed by atoms with Crippen LogP contribution in [0.1, 0.15) is 31.7 Å². The first kappa shape index (κ1) is 15.4. The number of hydrogen-bond donors (Lipinski definition) is 2. The maximum absolute atomic E-state index is 12.3. The first-order valence-corrected chi connectivity index (χ1v) is 7.50. The van der Waals surface area contributed by atoms with Gasteiger partial charge in [0.15, 0.2) is 0 Å². The molecule has 0 unspecified atom stereocenters. The molecule has 0 saturated carbocycles. The van der Waals surface area contributed by atoms with Gasteiger partial charge in [-0.25, -0.2) is 0 Å². The minimum Gasteiger partial charge on any atom is -0.398 e. The number of piperidine rings is 1. The van der Waals surface area contributed by atoms with Crippen molar-refractivity contribution in [3.63, 3.8) is 0 Å². The predicted molar refractivity (Wildman–Crippen MR) is 82.6 cm³/mol. The molecule has 1 aliphatic rings. The lowest BCUT2D eigenvalue weighted by atomic mass is 10.0. The number of likely N-dealkylation sites (tertiary alicyclic amines) is 1. The van der Waals surface area contributed by atoms with Gasteiger partial charge in [0.25, 0.3) is 0 Å². The van der Waals surface area contributed by atoms with Gasteiger partial charge in [-0.15, -0.1) is 0 Å². The number of amides is 2. The molecular weight excluding hydrogens is 266 g/mol. The summed E-state index contributed by atoms with van der Waals surface area (Å²) in [5.41, 5.74) is 7.41. The second kappa shape index (κ2) is 7.11. The van der Waals surface area contributed by atoms with Crippen LogP contribution in [0.2, 0.25) is 0 Å². The van der Waals surface area contributed by atoms with Gasteiger partial charge in [0.05, 0.1) is 6.42 Å². The van der Waals surface area contributed by atoms with Crippen molar-refractivity contribution in [3.8, 4) is 0 Å². The summed E-state index contributed by atoms with van der Waals surface area (Å²) < 4.78 is 0. The fourth-order valence-corrected chi connectivity index (χ4v) is 2.57. The zero-order chi connectivity index (χ0) is 15.2. The Morgan fingerprint density at radius 1 is 1.29 bits per heavy atom. The van der Waals surface area contributed by atoms with Crippen molar-refractivity contribution >= 4 is 17.5 Å². The third-order valence-electron chi connectivity index (χ3n) is 3.93. The zero-order valence-electron chi connectivity index (χ0n) is 12.5. The van der Waals surface area contributed by atoms with Crippen LogP contribution in [0.25, 0.3) is 0 Å². The summed E-state index contributed by atoms with van der Waals surface area (Å²) in [7, 11) is 0. The van der Waals surface area contributed by atoms with Crippen LogP contribution in [0, 0.1) is 0 Å². The molecule has 1 fully saturated rings. The molecular formula is C16H23N3O2. The number of benzene rings is 1. The Kier molecular flexibility index (Phi) is 5.20. The number of anilines is 1. The van der Waals surface area contributed by atoms with Gasteiger partial charge < -0.3 is 16.0 Å². The van der Waals surface area contributed by atoms with Gasteiger partial charge in [0, 0.05) is 31.2 Å². The third-order valence-corrected chi connectivity index (χ3v) is 3.93. The van der Waals surface area contributed by atoms with E-state index in [2.05, 4.69) is 5.32 Å². The lowest BCUT2D eigenvalue weighted by Gasteiger charge is -2.32. The molecule has 1 saturated heterocycles. The second-order valence-electron chi connectivity index (χ2n) is 5.45. The van der Waals surface area contributed by atoms with Gasteiger partial charge in [-0.1, -0.05) is 25.1 Å². The van der Waals surface area contributed by atoms with Crippen LogP contribution in [0.15, 0.2) is 24.3 Å². The van der Waals surface area contributed by atoms with E-state index in [9.17, 15) is 9.59 Å². The largest absolute Gasteiger partial charge is 0.398 e. The van der Waals surface area contributed by atoms with Crippen molar-refractivity contribution in [1.29, 1.82) is 0 Å². The molecule has 1 aromatic carbocycles. The van der Waals surface area contributed by atoms with Gasteiger partial charge in [0.1, 0.15) is 0 Å². The van der Waals surface area contributed by atoms with Crippen LogP contribution in [0.3, 0.4) is 0 Å². The highest BCUT2D eigenvalue weighted by Crippen LogP contribution is 2.15. The standard InChI is InChI=1S/C16H23N3O2/c1-2-15(20)18-13-7-9-19(10-8-13)16(21)11-12-5-3-4-6-14(12)17/h3-6,13H,2,7-11,17H2,1H3,(H,18,20). The number of hydrogen-bond acceptors (Lipinski definition) is 3. The van der Waals surface area contributed by atoms with Crippen molar-refractivity contribution in [2.75, 3.05) is 18.8 Å². The highest BCUT2D eigenvalue weighted by atomic mass is 16.2. The van der Waals surface area contributed by atoms with E-state index in [0.29, 0.717) is 31.6 Å². The minimum atomic E-state index is 0.0804. The number of nitrogens with two attached hydrogens (primary N) is 1. The lowest BCUT2D eigenvalue weighted by Crippen LogP contribution is -2.46. The predicted octanol–water partition coefficient (Wildman–Crippen LogP) is 1.33. The number of nitrogens with one attached hydrogen (secondary N) is 1. The second-order valence-corrected chi connectivity index (χ2v) is 5.45. The van der Waals surface area contributed by atoms with E-state index >= 15 is 0 Å². The molecule has 5 heteroatoms. The molecule has 1 aromatic rings. The SMILES string of the molecule is CCC(=O)NC1CCN(C(=O)Cc2ccccc2N)CC1. The summed E-state index contributed by atoms with van der Waals surface area (Å²) >= 11 is 0. The molecule has 2 amide bonds. The number of rotatable bonds is 4. The number of para-hydroxylation sites is 1. The molecule has 0 atom stereocenters. The van der Waals surface area contributed by atoms with Crippen molar-refractivity contribution in [2.45, 2.75) is 38.6 Å². The average molecular weight is 289 g/mol. The van der Waals surface area contributed by atoms with Crippen molar-refractivity contribution in [2.24, 2.45) is 0 Å². The first-order valence-electron chi connectivity index (χ1n) is 7.50. The highest BCUT2D eigenvalue weighted by Gasteiger charge is 2.23. The molecule has 0 aromatic heterocycles. The third kappa shape index (κ3) is 4.21. The Morgan fingerprint density at radius 3 is 2.57 bits per heavy atom. The van der Waals surface area contributed by atoms with E-state index in [1.54, 1.807) is 0 Å². The summed E-state index contributed by atoms with van der Waals surface area (Å²) in [5.74, 6) is 0.185. The smallest absolute Gasteiger partial charge is 0.227 e. The van der Waals surface area contributed by atoms with Crippen LogP contribution in [-0.2, 0) is 16.0 Å². The Labute approximate surface area is 125 Å². The molecule has 1 heterocycles. The van der Waals surface area contributed by atoms with Crippen LogP contribution in [-0.4, -0.2) is 35.8 Å². The van der Waals surface area contributed by atoms with Crippen molar-refractivity contribution in [3.05, 3.63) is 29.8 Å². The molecule has 3 N–H and O–H groups in total. The quantitative estimate of drug-likeness (QED) is 0.821. The Balaban J connectivity index is 1.83. The van der Waals surface area contributed by atoms with E-state index in [-0.39, 0.29) is 17.9 Å². The summed E-state index contributed by atoms with van der Waals surface area (Å²) in [6.45, 7) is 3.23. The van der Waals surface area contributed by atoms with Crippen molar-refractivity contribution in [1.82, 2.24) is 10.2 Å². The monoisotopic (exact) mass is 289 g/mol. The summed E-state index contributed by atoms with van der Waals surface area (Å²) in [4.78, 5) is 25.5. The van der Waals surface area contributed by atoms with Crippen LogP contribution < -0.4 is 11.1 Å². The molecule has 21 heavy (non-hydrogen) atoms. The normalized spacial score (nSPS) is 15.8. The molecule has 0 spiro atoms. The fourth-order valence-electron chi connectivity index (χ4n) is 2.57. The van der Waals surface area contributed by atoms with Gasteiger partial charge >= 0.3 is 0 Å². The zero-order valence-corrected chi connectivity index (χ0v) is 12.5. The van der Waals surface area contributed by atoms with Crippen LogP contribution in [0.5, 0.6) is 0 Å². The molecule has 5 nitrogen and oxygen atoms in total. The number of carbonyl (C=O) groups is 2. The molecule has 0 aliphatic carbocycles. The molecule has 0 bridgehead atoms. The molecule has 0 radical (unpaired) electrons. The fraction of sp³-hybridized carbons (Fsp3) is 0.500. The van der Waals surface area contributed by atoms with Gasteiger partial charge in [0.2, 0.25) is 11.8 Å². The molecule has 2 rings (SSSR count). The Hall–Kier alpha value is -2.04. The van der Waals surface area contributed by atoms with E-state index in [1.165, 1.54) is 0 Å². The van der Waals surface area contributed by atoms with Gasteiger partial charge in [-0.2, -0.15) is 0 Å². The number of nitrogens with zero attached hydrogens (tertiary/aromatic N) is 1. The maximum Gasteiger partial charge on any atom is 0.227 e. The van der Waals surface area contributed by atoms with E-state index in [1.807, 2.05) is 36.1 Å². The summed E-state index contributed by atoms with van der Waals surface area (Å²) in [6.07, 6.45) is 2.49. The Morgan fingerprint density at radius 2 is 1.95 bits per heavy atom. The maximum atomic E-state index is 12.3. The van der Waals surface area contributed by atoms with E-state index in [0.717, 1.165) is 18.4 Å². The number of carbonyl (C=O) groups excluding carboxylic acids is 2. The first-order chi connectivity index (χ1) is 10.1. The van der Waals surface area contributed by atoms with Gasteiger partial charge in [-0.05, 0) is 24.5 Å². The van der Waals surface area contributed by atoms with Crippen LogP contribution >= 0.6 is 0 Å². The lowest BCUT2D eigenvalue weighted by molar-refractivity contribution is -0.131. The molecule has 114 valence electrons. The average Bonchev–Trinajstić information content (AvgIpc) is 2.50. The molecule has 1 aliphatic heterocycles. The minimum absolute atomic E-state index is 0.0804. The topological polar surface area (TPSA) is 75.4 Å². The summed E-state index contributed by atoms with van der Waals surface area (Å²) in [6, 6.07) is 7.66. The highest BCUT2D eigenvalue weighted by molar-refractivity contribution is 5.80. The van der Waals surface area contributed by atoms with E-state index < -0.39 is 0 Å².